The highest BCUT2D eigenvalue weighted by Gasteiger charge is 2.36. The normalized spacial score (nSPS) is 28.7. The van der Waals surface area contributed by atoms with Gasteiger partial charge in [0, 0.05) is 11.7 Å². The molecule has 0 spiro atoms. The van der Waals surface area contributed by atoms with Crippen LogP contribution >= 0.6 is 0 Å². The van der Waals surface area contributed by atoms with Crippen LogP contribution in [-0.2, 0) is 4.79 Å². The van der Waals surface area contributed by atoms with Gasteiger partial charge in [0.1, 0.15) is 0 Å². The summed E-state index contributed by atoms with van der Waals surface area (Å²) in [5, 5.41) is 12.8. The van der Waals surface area contributed by atoms with Crippen molar-refractivity contribution in [3.63, 3.8) is 0 Å². The summed E-state index contributed by atoms with van der Waals surface area (Å²) in [6, 6.07) is 6.61. The Morgan fingerprint density at radius 1 is 1.09 bits per heavy atom. The summed E-state index contributed by atoms with van der Waals surface area (Å²) < 4.78 is 0. The van der Waals surface area contributed by atoms with Crippen LogP contribution in [0, 0.1) is 13.8 Å². The maximum absolute atomic E-state index is 12.8. The lowest BCUT2D eigenvalue weighted by atomic mass is 9.91. The Hall–Kier alpha value is -1.39. The van der Waals surface area contributed by atoms with E-state index >= 15 is 0 Å². The summed E-state index contributed by atoms with van der Waals surface area (Å²) in [5.74, 6) is 0.124. The van der Waals surface area contributed by atoms with Crippen molar-refractivity contribution in [1.82, 2.24) is 4.90 Å². The van der Waals surface area contributed by atoms with Crippen molar-refractivity contribution < 1.29 is 9.90 Å². The Bertz CT molecular complexity index is 544. The van der Waals surface area contributed by atoms with Crippen LogP contribution in [0.1, 0.15) is 49.7 Å². The second kappa shape index (κ2) is 7.02. The molecule has 1 saturated carbocycles. The monoisotopic (exact) mass is 316 g/mol. The summed E-state index contributed by atoms with van der Waals surface area (Å²) >= 11 is 0. The molecule has 23 heavy (non-hydrogen) atoms. The molecule has 126 valence electrons. The first-order chi connectivity index (χ1) is 11.0. The van der Waals surface area contributed by atoms with Crippen LogP contribution in [-0.4, -0.2) is 40.6 Å². The number of nitrogens with zero attached hydrogens (tertiary/aromatic N) is 1. The van der Waals surface area contributed by atoms with Crippen LogP contribution < -0.4 is 5.32 Å². The van der Waals surface area contributed by atoms with Crippen LogP contribution in [0.15, 0.2) is 18.2 Å². The van der Waals surface area contributed by atoms with E-state index in [2.05, 4.69) is 30.1 Å². The maximum atomic E-state index is 12.8. The standard InChI is InChI=1S/C19H28N2O2/c1-13-10-14(2)12-15(11-13)20-19(23)18-4-3-9-21(18)16-5-7-17(22)8-6-16/h10-12,16-18,22H,3-9H2,1-2H3,(H,20,23)/t16?,17?,18-/m0/s1. The summed E-state index contributed by atoms with van der Waals surface area (Å²) in [4.78, 5) is 15.1. The van der Waals surface area contributed by atoms with Gasteiger partial charge in [-0.25, -0.2) is 0 Å². The number of nitrogens with one attached hydrogen (secondary N) is 1. The third kappa shape index (κ3) is 3.93. The molecule has 1 heterocycles. The minimum atomic E-state index is -0.142. The smallest absolute Gasteiger partial charge is 0.241 e. The lowest BCUT2D eigenvalue weighted by molar-refractivity contribution is -0.121. The number of hydrogen-bond donors (Lipinski definition) is 2. The molecular weight excluding hydrogens is 288 g/mol. The van der Waals surface area contributed by atoms with Gasteiger partial charge in [-0.3, -0.25) is 9.69 Å². The van der Waals surface area contributed by atoms with Crippen molar-refractivity contribution in [3.05, 3.63) is 29.3 Å². The highest BCUT2D eigenvalue weighted by molar-refractivity contribution is 5.95. The summed E-state index contributed by atoms with van der Waals surface area (Å²) in [5.41, 5.74) is 3.24. The van der Waals surface area contributed by atoms with Gasteiger partial charge in [0.15, 0.2) is 0 Å². The first-order valence-corrected chi connectivity index (χ1v) is 8.86. The Morgan fingerprint density at radius 2 is 1.74 bits per heavy atom. The Labute approximate surface area is 138 Å². The molecule has 1 aromatic rings. The number of aryl methyl sites for hydroxylation is 2. The minimum absolute atomic E-state index is 0.0175. The second-order valence-corrected chi connectivity index (χ2v) is 7.22. The van der Waals surface area contributed by atoms with Crippen molar-refractivity contribution in [2.24, 2.45) is 0 Å². The number of benzene rings is 1. The average molecular weight is 316 g/mol. The van der Waals surface area contributed by atoms with Crippen molar-refractivity contribution in [3.8, 4) is 0 Å². The first-order valence-electron chi connectivity index (χ1n) is 8.86. The summed E-state index contributed by atoms with van der Waals surface area (Å²) in [6.45, 7) is 5.11. The number of rotatable bonds is 3. The largest absolute Gasteiger partial charge is 0.393 e. The molecule has 2 fully saturated rings. The molecular formula is C19H28N2O2. The lowest BCUT2D eigenvalue weighted by Crippen LogP contribution is -2.47. The second-order valence-electron chi connectivity index (χ2n) is 7.22. The van der Waals surface area contributed by atoms with E-state index in [4.69, 9.17) is 0 Å². The maximum Gasteiger partial charge on any atom is 0.241 e. The zero-order valence-corrected chi connectivity index (χ0v) is 14.2. The molecule has 1 aliphatic heterocycles. The van der Waals surface area contributed by atoms with Crippen LogP contribution in [0.2, 0.25) is 0 Å². The van der Waals surface area contributed by atoms with Crippen molar-refractivity contribution >= 4 is 11.6 Å². The Balaban J connectivity index is 1.66. The van der Waals surface area contributed by atoms with E-state index in [9.17, 15) is 9.90 Å². The van der Waals surface area contributed by atoms with E-state index in [0.717, 1.165) is 50.8 Å². The molecule has 4 heteroatoms. The van der Waals surface area contributed by atoms with Crippen LogP contribution in [0.3, 0.4) is 0 Å². The molecule has 4 nitrogen and oxygen atoms in total. The highest BCUT2D eigenvalue weighted by atomic mass is 16.3. The molecule has 1 aliphatic carbocycles. The van der Waals surface area contributed by atoms with E-state index in [1.54, 1.807) is 0 Å². The van der Waals surface area contributed by atoms with Gasteiger partial charge in [-0.05, 0) is 82.2 Å². The Kier molecular flexibility index (Phi) is 5.02. The number of anilines is 1. The van der Waals surface area contributed by atoms with Gasteiger partial charge in [-0.1, -0.05) is 6.07 Å². The topological polar surface area (TPSA) is 52.6 Å². The molecule has 1 atom stereocenters. The van der Waals surface area contributed by atoms with Crippen molar-refractivity contribution in [2.75, 3.05) is 11.9 Å². The first kappa shape index (κ1) is 16.5. The fourth-order valence-electron chi connectivity index (χ4n) is 4.17. The van der Waals surface area contributed by atoms with E-state index in [0.29, 0.717) is 6.04 Å². The molecule has 1 saturated heterocycles. The molecule has 2 N–H and O–H groups in total. The molecule has 3 rings (SSSR count). The number of carbonyl (C=O) groups is 1. The van der Waals surface area contributed by atoms with Crippen LogP contribution in [0.4, 0.5) is 5.69 Å². The van der Waals surface area contributed by atoms with Gasteiger partial charge in [-0.2, -0.15) is 0 Å². The van der Waals surface area contributed by atoms with Gasteiger partial charge in [0.25, 0.3) is 0 Å². The predicted molar refractivity (Wildman–Crippen MR) is 92.5 cm³/mol. The Morgan fingerprint density at radius 3 is 2.39 bits per heavy atom. The number of aliphatic hydroxyl groups is 1. The van der Waals surface area contributed by atoms with Crippen molar-refractivity contribution in [2.45, 2.75) is 70.6 Å². The third-order valence-corrected chi connectivity index (χ3v) is 5.22. The van der Waals surface area contributed by atoms with Gasteiger partial charge in [0.2, 0.25) is 5.91 Å². The lowest BCUT2D eigenvalue weighted by Gasteiger charge is -2.36. The molecule has 0 radical (unpaired) electrons. The zero-order valence-electron chi connectivity index (χ0n) is 14.2. The molecule has 0 unspecified atom stereocenters. The average Bonchev–Trinajstić information content (AvgIpc) is 2.96. The summed E-state index contributed by atoms with van der Waals surface area (Å²) in [7, 11) is 0. The fraction of sp³-hybridized carbons (Fsp3) is 0.632. The quantitative estimate of drug-likeness (QED) is 0.901. The van der Waals surface area contributed by atoms with E-state index in [1.807, 2.05) is 12.1 Å². The van der Waals surface area contributed by atoms with Gasteiger partial charge >= 0.3 is 0 Å². The van der Waals surface area contributed by atoms with Gasteiger partial charge in [-0.15, -0.1) is 0 Å². The van der Waals surface area contributed by atoms with Crippen molar-refractivity contribution in [1.29, 1.82) is 0 Å². The molecule has 1 aromatic carbocycles. The third-order valence-electron chi connectivity index (χ3n) is 5.22. The zero-order chi connectivity index (χ0) is 16.4. The number of amides is 1. The number of aliphatic hydroxyl groups excluding tert-OH is 1. The van der Waals surface area contributed by atoms with Gasteiger partial charge < -0.3 is 10.4 Å². The molecule has 0 aromatic heterocycles. The van der Waals surface area contributed by atoms with E-state index in [1.165, 1.54) is 11.1 Å². The minimum Gasteiger partial charge on any atom is -0.393 e. The number of carbonyl (C=O) groups excluding carboxylic acids is 1. The van der Waals surface area contributed by atoms with E-state index < -0.39 is 0 Å². The molecule has 2 aliphatic rings. The molecule has 1 amide bonds. The SMILES string of the molecule is Cc1cc(C)cc(NC(=O)[C@@H]2CCCN2C2CCC(O)CC2)c1. The summed E-state index contributed by atoms with van der Waals surface area (Å²) in [6.07, 6.45) is 5.64. The number of hydrogen-bond acceptors (Lipinski definition) is 3. The predicted octanol–water partition coefficient (Wildman–Crippen LogP) is 3.01. The fourth-order valence-corrected chi connectivity index (χ4v) is 4.17. The van der Waals surface area contributed by atoms with Gasteiger partial charge in [0.05, 0.1) is 12.1 Å². The van der Waals surface area contributed by atoms with Crippen LogP contribution in [0.5, 0.6) is 0 Å². The van der Waals surface area contributed by atoms with Crippen LogP contribution in [0.25, 0.3) is 0 Å². The molecule has 0 bridgehead atoms. The number of likely N-dealkylation sites (tertiary alicyclic amines) is 1. The van der Waals surface area contributed by atoms with E-state index in [-0.39, 0.29) is 18.1 Å². The highest BCUT2D eigenvalue weighted by Crippen LogP contribution is 2.30.